The summed E-state index contributed by atoms with van der Waals surface area (Å²) in [5.74, 6) is -0.762. The SMILES string of the molecule is C=C(CC)C(=O)O[C@H]1O[C@H](CO)[C@@H](O)[C@H](O)[C@H]1O. The van der Waals surface area contributed by atoms with Gasteiger partial charge in [0, 0.05) is 5.57 Å². The third-order valence-corrected chi connectivity index (χ3v) is 2.79. The summed E-state index contributed by atoms with van der Waals surface area (Å²) < 4.78 is 9.82. The van der Waals surface area contributed by atoms with E-state index in [1.165, 1.54) is 0 Å². The van der Waals surface area contributed by atoms with Crippen LogP contribution in [0, 0.1) is 0 Å². The van der Waals surface area contributed by atoms with Gasteiger partial charge in [-0.25, -0.2) is 4.79 Å². The predicted octanol–water partition coefficient (Wildman–Crippen LogP) is -1.70. The summed E-state index contributed by atoms with van der Waals surface area (Å²) in [4.78, 5) is 11.5. The highest BCUT2D eigenvalue weighted by molar-refractivity contribution is 5.87. The Labute approximate surface area is 104 Å². The van der Waals surface area contributed by atoms with Gasteiger partial charge >= 0.3 is 5.97 Å². The van der Waals surface area contributed by atoms with Crippen LogP contribution in [0.4, 0.5) is 0 Å². The molecule has 0 radical (unpaired) electrons. The zero-order chi connectivity index (χ0) is 13.9. The first-order valence-electron chi connectivity index (χ1n) is 5.61. The number of hydrogen-bond acceptors (Lipinski definition) is 7. The van der Waals surface area contributed by atoms with Crippen molar-refractivity contribution in [2.24, 2.45) is 0 Å². The second-order valence-corrected chi connectivity index (χ2v) is 4.06. The zero-order valence-corrected chi connectivity index (χ0v) is 10.0. The second-order valence-electron chi connectivity index (χ2n) is 4.06. The number of carbonyl (C=O) groups is 1. The van der Waals surface area contributed by atoms with E-state index in [9.17, 15) is 20.1 Å². The first-order chi connectivity index (χ1) is 8.42. The Balaban J connectivity index is 2.70. The van der Waals surface area contributed by atoms with Gasteiger partial charge < -0.3 is 29.9 Å². The lowest BCUT2D eigenvalue weighted by Crippen LogP contribution is -2.59. The topological polar surface area (TPSA) is 116 Å². The zero-order valence-electron chi connectivity index (χ0n) is 10.0. The molecule has 5 atom stereocenters. The lowest BCUT2D eigenvalue weighted by Gasteiger charge is -2.39. The van der Waals surface area contributed by atoms with Crippen LogP contribution in [0.1, 0.15) is 13.3 Å². The fourth-order valence-electron chi connectivity index (χ4n) is 1.50. The predicted molar refractivity (Wildman–Crippen MR) is 59.3 cm³/mol. The minimum atomic E-state index is -1.59. The maximum atomic E-state index is 11.5. The number of carbonyl (C=O) groups excluding carboxylic acids is 1. The van der Waals surface area contributed by atoms with Crippen LogP contribution in [-0.2, 0) is 14.3 Å². The Morgan fingerprint density at radius 1 is 1.28 bits per heavy atom. The van der Waals surface area contributed by atoms with E-state index in [2.05, 4.69) is 6.58 Å². The molecular formula is C11H18O7. The van der Waals surface area contributed by atoms with Crippen molar-refractivity contribution >= 4 is 5.97 Å². The molecule has 1 aliphatic rings. The van der Waals surface area contributed by atoms with Crippen LogP contribution >= 0.6 is 0 Å². The molecule has 104 valence electrons. The Hall–Kier alpha value is -0.990. The molecule has 0 spiro atoms. The smallest absolute Gasteiger partial charge is 0.335 e. The molecule has 1 rings (SSSR count). The van der Waals surface area contributed by atoms with Crippen molar-refractivity contribution in [3.63, 3.8) is 0 Å². The van der Waals surface area contributed by atoms with Crippen LogP contribution in [0.15, 0.2) is 12.2 Å². The maximum absolute atomic E-state index is 11.5. The van der Waals surface area contributed by atoms with Crippen molar-refractivity contribution in [1.29, 1.82) is 0 Å². The average molecular weight is 262 g/mol. The molecule has 0 aromatic heterocycles. The largest absolute Gasteiger partial charge is 0.429 e. The summed E-state index contributed by atoms with van der Waals surface area (Å²) in [6, 6.07) is 0. The van der Waals surface area contributed by atoms with Crippen molar-refractivity contribution < 1.29 is 34.7 Å². The summed E-state index contributed by atoms with van der Waals surface area (Å²) in [5, 5.41) is 37.5. The van der Waals surface area contributed by atoms with Crippen molar-refractivity contribution in [3.8, 4) is 0 Å². The summed E-state index contributed by atoms with van der Waals surface area (Å²) in [6.07, 6.45) is -6.81. The van der Waals surface area contributed by atoms with E-state index in [-0.39, 0.29) is 5.57 Å². The van der Waals surface area contributed by atoms with Gasteiger partial charge in [0.25, 0.3) is 0 Å². The maximum Gasteiger partial charge on any atom is 0.335 e. The molecule has 1 heterocycles. The lowest BCUT2D eigenvalue weighted by molar-refractivity contribution is -0.291. The normalized spacial score (nSPS) is 36.2. The van der Waals surface area contributed by atoms with Crippen molar-refractivity contribution in [2.75, 3.05) is 6.61 Å². The molecule has 1 aliphatic heterocycles. The lowest BCUT2D eigenvalue weighted by atomic mass is 9.99. The van der Waals surface area contributed by atoms with E-state index in [1.54, 1.807) is 6.92 Å². The number of rotatable bonds is 4. The highest BCUT2D eigenvalue weighted by Gasteiger charge is 2.45. The number of aliphatic hydroxyl groups excluding tert-OH is 4. The average Bonchev–Trinajstić information content (AvgIpc) is 2.38. The Kier molecular flexibility index (Phi) is 5.24. The monoisotopic (exact) mass is 262 g/mol. The molecule has 0 amide bonds. The van der Waals surface area contributed by atoms with Crippen molar-refractivity contribution in [2.45, 2.75) is 44.1 Å². The molecule has 0 aliphatic carbocycles. The van der Waals surface area contributed by atoms with Gasteiger partial charge in [0.15, 0.2) is 0 Å². The van der Waals surface area contributed by atoms with E-state index in [0.717, 1.165) is 0 Å². The van der Waals surface area contributed by atoms with Crippen LogP contribution < -0.4 is 0 Å². The number of aliphatic hydroxyl groups is 4. The molecule has 0 bridgehead atoms. The Bertz CT molecular complexity index is 315. The van der Waals surface area contributed by atoms with Crippen LogP contribution in [0.5, 0.6) is 0 Å². The molecule has 0 saturated carbocycles. The minimum absolute atomic E-state index is 0.187. The summed E-state index contributed by atoms with van der Waals surface area (Å²) >= 11 is 0. The molecular weight excluding hydrogens is 244 g/mol. The van der Waals surface area contributed by atoms with Gasteiger partial charge in [-0.1, -0.05) is 13.5 Å². The molecule has 1 fully saturated rings. The Morgan fingerprint density at radius 3 is 2.39 bits per heavy atom. The van der Waals surface area contributed by atoms with Crippen LogP contribution in [0.2, 0.25) is 0 Å². The van der Waals surface area contributed by atoms with E-state index in [4.69, 9.17) is 14.6 Å². The fraction of sp³-hybridized carbons (Fsp3) is 0.727. The van der Waals surface area contributed by atoms with E-state index < -0.39 is 43.3 Å². The molecule has 7 heteroatoms. The number of hydrogen-bond donors (Lipinski definition) is 4. The summed E-state index contributed by atoms with van der Waals surface area (Å²) in [7, 11) is 0. The second kappa shape index (κ2) is 6.26. The fourth-order valence-corrected chi connectivity index (χ4v) is 1.50. The van der Waals surface area contributed by atoms with Crippen molar-refractivity contribution in [1.82, 2.24) is 0 Å². The molecule has 0 aromatic carbocycles. The third kappa shape index (κ3) is 3.06. The molecule has 0 aromatic rings. The summed E-state index contributed by atoms with van der Waals surface area (Å²) in [5.41, 5.74) is 0.187. The first-order valence-corrected chi connectivity index (χ1v) is 5.61. The van der Waals surface area contributed by atoms with E-state index >= 15 is 0 Å². The number of esters is 1. The van der Waals surface area contributed by atoms with Crippen LogP contribution in [0.25, 0.3) is 0 Å². The molecule has 7 nitrogen and oxygen atoms in total. The van der Waals surface area contributed by atoms with Gasteiger partial charge in [0.05, 0.1) is 6.61 Å². The third-order valence-electron chi connectivity index (χ3n) is 2.79. The standard InChI is InChI=1S/C11H18O7/c1-3-5(2)10(16)18-11-9(15)8(14)7(13)6(4-12)17-11/h6-9,11-15H,2-4H2,1H3/t6-,7-,8+,9-,11-/m1/s1. The molecule has 1 saturated heterocycles. The van der Waals surface area contributed by atoms with Gasteiger partial charge in [0.1, 0.15) is 24.4 Å². The van der Waals surface area contributed by atoms with Gasteiger partial charge in [-0.2, -0.15) is 0 Å². The van der Waals surface area contributed by atoms with Gasteiger partial charge in [-0.15, -0.1) is 0 Å². The molecule has 18 heavy (non-hydrogen) atoms. The number of ether oxygens (including phenoxy) is 2. The quantitative estimate of drug-likeness (QED) is 0.352. The van der Waals surface area contributed by atoms with Crippen LogP contribution in [0.3, 0.4) is 0 Å². The van der Waals surface area contributed by atoms with E-state index in [1.807, 2.05) is 0 Å². The Morgan fingerprint density at radius 2 is 1.89 bits per heavy atom. The molecule has 0 unspecified atom stereocenters. The molecule has 4 N–H and O–H groups in total. The summed E-state index contributed by atoms with van der Waals surface area (Å²) in [6.45, 7) is 4.59. The van der Waals surface area contributed by atoms with Crippen molar-refractivity contribution in [3.05, 3.63) is 12.2 Å². The highest BCUT2D eigenvalue weighted by Crippen LogP contribution is 2.22. The minimum Gasteiger partial charge on any atom is -0.429 e. The van der Waals surface area contributed by atoms with E-state index in [0.29, 0.717) is 6.42 Å². The van der Waals surface area contributed by atoms with Gasteiger partial charge in [-0.3, -0.25) is 0 Å². The highest BCUT2D eigenvalue weighted by atomic mass is 16.7. The van der Waals surface area contributed by atoms with Gasteiger partial charge in [0.2, 0.25) is 6.29 Å². The first kappa shape index (κ1) is 15.1. The van der Waals surface area contributed by atoms with Gasteiger partial charge in [-0.05, 0) is 6.42 Å². The van der Waals surface area contributed by atoms with Crippen LogP contribution in [-0.4, -0.2) is 63.7 Å².